The lowest BCUT2D eigenvalue weighted by atomic mass is 10.1. The maximum atomic E-state index is 12.6. The molecule has 0 aliphatic heterocycles. The van der Waals surface area contributed by atoms with Crippen LogP contribution in [0.1, 0.15) is 5.56 Å². The molecule has 0 aliphatic carbocycles. The van der Waals surface area contributed by atoms with Gasteiger partial charge in [0.1, 0.15) is 0 Å². The summed E-state index contributed by atoms with van der Waals surface area (Å²) in [5, 5.41) is 21.4. The van der Waals surface area contributed by atoms with Crippen LogP contribution in [0.15, 0.2) is 30.5 Å². The lowest BCUT2D eigenvalue weighted by Gasteiger charge is -2.13. The van der Waals surface area contributed by atoms with Gasteiger partial charge in [0.15, 0.2) is 0 Å². The Morgan fingerprint density at radius 2 is 2.00 bits per heavy atom. The van der Waals surface area contributed by atoms with Crippen LogP contribution in [-0.2, 0) is 6.18 Å². The minimum Gasteiger partial charge on any atom is -0.394 e. The van der Waals surface area contributed by atoms with Gasteiger partial charge in [0.2, 0.25) is 0 Å². The second-order valence-corrected chi connectivity index (χ2v) is 4.31. The molecule has 0 saturated heterocycles. The van der Waals surface area contributed by atoms with Crippen LogP contribution in [0.25, 0.3) is 10.9 Å². The third kappa shape index (κ3) is 3.17. The summed E-state index contributed by atoms with van der Waals surface area (Å²) in [6.45, 7) is -0.301. The number of halogens is 3. The lowest BCUT2D eigenvalue weighted by molar-refractivity contribution is -0.137. The molecule has 1 unspecified atom stereocenters. The number of aromatic nitrogens is 1. The van der Waals surface area contributed by atoms with Crippen LogP contribution in [-0.4, -0.2) is 34.5 Å². The van der Waals surface area contributed by atoms with Crippen molar-refractivity contribution in [1.29, 1.82) is 0 Å². The summed E-state index contributed by atoms with van der Waals surface area (Å²) in [7, 11) is 0. The quantitative estimate of drug-likeness (QED) is 0.804. The van der Waals surface area contributed by atoms with E-state index >= 15 is 0 Å². The van der Waals surface area contributed by atoms with Crippen molar-refractivity contribution in [3.8, 4) is 0 Å². The van der Waals surface area contributed by atoms with E-state index in [-0.39, 0.29) is 12.1 Å². The van der Waals surface area contributed by atoms with Crippen LogP contribution in [0.2, 0.25) is 0 Å². The minimum atomic E-state index is -4.41. The van der Waals surface area contributed by atoms with Crippen molar-refractivity contribution in [2.24, 2.45) is 0 Å². The highest BCUT2D eigenvalue weighted by Gasteiger charge is 2.30. The van der Waals surface area contributed by atoms with Crippen molar-refractivity contribution < 1.29 is 23.4 Å². The molecule has 3 N–H and O–H groups in total. The van der Waals surface area contributed by atoms with E-state index in [1.165, 1.54) is 12.3 Å². The fraction of sp³-hybridized carbons (Fsp3) is 0.308. The fourth-order valence-corrected chi connectivity index (χ4v) is 1.77. The highest BCUT2D eigenvalue weighted by molar-refractivity contribution is 5.91. The van der Waals surface area contributed by atoms with Crippen LogP contribution in [0, 0.1) is 0 Å². The number of aliphatic hydroxyl groups is 2. The Morgan fingerprint density at radius 3 is 2.65 bits per heavy atom. The first kappa shape index (κ1) is 14.5. The van der Waals surface area contributed by atoms with Gasteiger partial charge in [-0.05, 0) is 18.2 Å². The average molecular weight is 286 g/mol. The molecule has 0 bridgehead atoms. The summed E-state index contributed by atoms with van der Waals surface area (Å²) in [5.74, 6) is 0. The lowest BCUT2D eigenvalue weighted by Crippen LogP contribution is -2.23. The molecular formula is C13H13F3N2O2. The second-order valence-electron chi connectivity index (χ2n) is 4.31. The Hall–Kier alpha value is -1.86. The molecule has 0 saturated carbocycles. The third-order valence-electron chi connectivity index (χ3n) is 2.81. The zero-order valence-corrected chi connectivity index (χ0v) is 10.4. The van der Waals surface area contributed by atoms with Crippen molar-refractivity contribution in [3.05, 3.63) is 36.0 Å². The Kier molecular flexibility index (Phi) is 4.10. The number of hydrogen-bond acceptors (Lipinski definition) is 4. The number of benzene rings is 1. The molecule has 1 heterocycles. The predicted octanol–water partition coefficient (Wildman–Crippen LogP) is 2.02. The fourth-order valence-electron chi connectivity index (χ4n) is 1.77. The van der Waals surface area contributed by atoms with Crippen molar-refractivity contribution >= 4 is 16.6 Å². The molecule has 0 fully saturated rings. The number of nitrogens with zero attached hydrogens (tertiary/aromatic N) is 1. The second kappa shape index (κ2) is 5.64. The van der Waals surface area contributed by atoms with E-state index in [1.54, 1.807) is 6.07 Å². The Morgan fingerprint density at radius 1 is 1.25 bits per heavy atom. The zero-order chi connectivity index (χ0) is 14.8. The molecule has 1 aromatic heterocycles. The molecule has 2 rings (SSSR count). The van der Waals surface area contributed by atoms with Crippen molar-refractivity contribution in [2.75, 3.05) is 18.5 Å². The molecule has 1 atom stereocenters. The first-order valence-corrected chi connectivity index (χ1v) is 5.90. The molecule has 7 heteroatoms. The Labute approximate surface area is 112 Å². The van der Waals surface area contributed by atoms with E-state index in [2.05, 4.69) is 10.3 Å². The Balaban J connectivity index is 2.34. The van der Waals surface area contributed by atoms with E-state index in [1.807, 2.05) is 0 Å². The molecule has 0 spiro atoms. The predicted molar refractivity (Wildman–Crippen MR) is 68.3 cm³/mol. The molecule has 20 heavy (non-hydrogen) atoms. The molecule has 0 amide bonds. The first-order valence-electron chi connectivity index (χ1n) is 5.90. The Bertz CT molecular complexity index is 602. The molecule has 1 aromatic carbocycles. The first-order chi connectivity index (χ1) is 9.41. The summed E-state index contributed by atoms with van der Waals surface area (Å²) >= 11 is 0. The van der Waals surface area contributed by atoms with Crippen LogP contribution in [0.3, 0.4) is 0 Å². The van der Waals surface area contributed by atoms with Gasteiger partial charge in [-0.2, -0.15) is 13.2 Å². The van der Waals surface area contributed by atoms with E-state index in [0.29, 0.717) is 11.1 Å². The van der Waals surface area contributed by atoms with Crippen molar-refractivity contribution in [2.45, 2.75) is 12.3 Å². The van der Waals surface area contributed by atoms with Crippen LogP contribution < -0.4 is 5.32 Å². The van der Waals surface area contributed by atoms with E-state index in [9.17, 15) is 18.3 Å². The maximum absolute atomic E-state index is 12.6. The molecule has 2 aromatic rings. The maximum Gasteiger partial charge on any atom is 0.416 e. The summed E-state index contributed by atoms with van der Waals surface area (Å²) in [6.07, 6.45) is -3.96. The van der Waals surface area contributed by atoms with E-state index in [0.717, 1.165) is 12.1 Å². The monoisotopic (exact) mass is 286 g/mol. The van der Waals surface area contributed by atoms with Gasteiger partial charge in [0, 0.05) is 23.8 Å². The summed E-state index contributed by atoms with van der Waals surface area (Å²) in [6, 6.07) is 4.89. The van der Waals surface area contributed by atoms with Gasteiger partial charge in [0.05, 0.1) is 23.8 Å². The van der Waals surface area contributed by atoms with Crippen LogP contribution in [0.4, 0.5) is 18.9 Å². The number of hydrogen-bond donors (Lipinski definition) is 3. The smallest absolute Gasteiger partial charge is 0.394 e. The number of alkyl halides is 3. The van der Waals surface area contributed by atoms with Gasteiger partial charge in [0.25, 0.3) is 0 Å². The van der Waals surface area contributed by atoms with Gasteiger partial charge in [-0.15, -0.1) is 0 Å². The normalized spacial score (nSPS) is 13.4. The van der Waals surface area contributed by atoms with Crippen molar-refractivity contribution in [3.63, 3.8) is 0 Å². The number of pyridine rings is 1. The third-order valence-corrected chi connectivity index (χ3v) is 2.81. The van der Waals surface area contributed by atoms with Crippen LogP contribution >= 0.6 is 0 Å². The van der Waals surface area contributed by atoms with Crippen LogP contribution in [0.5, 0.6) is 0 Å². The molecule has 0 aliphatic rings. The molecule has 0 radical (unpaired) electrons. The standard InChI is InChI=1S/C13H13F3N2O2/c14-13(15,16)8-1-2-10-11(18-6-9(20)7-19)3-4-17-12(10)5-8/h1-5,9,19-20H,6-7H2,(H,17,18). The van der Waals surface area contributed by atoms with Gasteiger partial charge >= 0.3 is 6.18 Å². The topological polar surface area (TPSA) is 65.4 Å². The highest BCUT2D eigenvalue weighted by atomic mass is 19.4. The number of anilines is 1. The van der Waals surface area contributed by atoms with Gasteiger partial charge < -0.3 is 15.5 Å². The number of fused-ring (bicyclic) bond motifs is 1. The van der Waals surface area contributed by atoms with Gasteiger partial charge in [-0.1, -0.05) is 6.07 Å². The van der Waals surface area contributed by atoms with E-state index < -0.39 is 24.5 Å². The van der Waals surface area contributed by atoms with Crippen molar-refractivity contribution in [1.82, 2.24) is 4.98 Å². The number of rotatable bonds is 4. The summed E-state index contributed by atoms with van der Waals surface area (Å²) in [5.41, 5.74) is 0.00424. The van der Waals surface area contributed by atoms with E-state index in [4.69, 9.17) is 5.11 Å². The van der Waals surface area contributed by atoms with Gasteiger partial charge in [-0.3, -0.25) is 4.98 Å². The molecular weight excluding hydrogens is 273 g/mol. The highest BCUT2D eigenvalue weighted by Crippen LogP contribution is 2.32. The minimum absolute atomic E-state index is 0.0939. The zero-order valence-electron chi connectivity index (χ0n) is 10.4. The molecule has 108 valence electrons. The number of nitrogens with one attached hydrogen (secondary N) is 1. The summed E-state index contributed by atoms with van der Waals surface area (Å²) in [4.78, 5) is 3.91. The number of aliphatic hydroxyl groups excluding tert-OH is 2. The SMILES string of the molecule is OCC(O)CNc1ccnc2cc(C(F)(F)F)ccc12. The largest absolute Gasteiger partial charge is 0.416 e. The average Bonchev–Trinajstić information content (AvgIpc) is 2.43. The molecule has 4 nitrogen and oxygen atoms in total. The van der Waals surface area contributed by atoms with Gasteiger partial charge in [-0.25, -0.2) is 0 Å². The summed E-state index contributed by atoms with van der Waals surface area (Å²) < 4.78 is 37.8.